The van der Waals surface area contributed by atoms with E-state index in [0.717, 1.165) is 36.2 Å². The fourth-order valence-corrected chi connectivity index (χ4v) is 4.75. The van der Waals surface area contributed by atoms with Gasteiger partial charge in [0.25, 0.3) is 0 Å². The van der Waals surface area contributed by atoms with E-state index in [2.05, 4.69) is 30.3 Å². The number of ether oxygens (including phenoxy) is 1. The van der Waals surface area contributed by atoms with Crippen molar-refractivity contribution in [2.45, 2.75) is 57.2 Å². The van der Waals surface area contributed by atoms with Gasteiger partial charge >= 0.3 is 0 Å². The van der Waals surface area contributed by atoms with E-state index in [-0.39, 0.29) is 5.54 Å². The number of rotatable bonds is 8. The lowest BCUT2D eigenvalue weighted by Crippen LogP contribution is -2.46. The predicted octanol–water partition coefficient (Wildman–Crippen LogP) is 3.90. The first-order valence-corrected chi connectivity index (χ1v) is 9.73. The Labute approximate surface area is 157 Å². The standard InChI is InChI=1S/C22H32N2O2/c1-5-8-18-9-6-13-24(18)22(15-16(22)2)21(25)19-11-12-23-20(17(19)3)10-7-14-26-4/h5,7,10-12,16,18,21,25H,1,6,8-9,13-15H2,2-4H3/b10-7-. The Bertz CT molecular complexity index is 672. The van der Waals surface area contributed by atoms with Crippen LogP contribution in [0.5, 0.6) is 0 Å². The average Bonchev–Trinajstić information content (AvgIpc) is 3.08. The number of pyridine rings is 1. The fourth-order valence-electron chi connectivity index (χ4n) is 4.75. The number of likely N-dealkylation sites (tertiary alicyclic amines) is 1. The van der Waals surface area contributed by atoms with Crippen LogP contribution in [-0.2, 0) is 4.74 Å². The van der Waals surface area contributed by atoms with Gasteiger partial charge in [0.05, 0.1) is 23.9 Å². The van der Waals surface area contributed by atoms with Gasteiger partial charge in [0, 0.05) is 19.3 Å². The minimum atomic E-state index is -0.486. The van der Waals surface area contributed by atoms with Crippen LogP contribution >= 0.6 is 0 Å². The number of hydrogen-bond acceptors (Lipinski definition) is 4. The van der Waals surface area contributed by atoms with Gasteiger partial charge in [0.15, 0.2) is 0 Å². The molecule has 4 heteroatoms. The zero-order valence-corrected chi connectivity index (χ0v) is 16.3. The van der Waals surface area contributed by atoms with Crippen molar-refractivity contribution in [3.8, 4) is 0 Å². The van der Waals surface area contributed by atoms with Gasteiger partial charge in [-0.2, -0.15) is 0 Å². The monoisotopic (exact) mass is 356 g/mol. The second-order valence-electron chi connectivity index (χ2n) is 7.78. The summed E-state index contributed by atoms with van der Waals surface area (Å²) in [6, 6.07) is 2.49. The number of aliphatic hydroxyl groups is 1. The largest absolute Gasteiger partial charge is 0.386 e. The predicted molar refractivity (Wildman–Crippen MR) is 106 cm³/mol. The van der Waals surface area contributed by atoms with Crippen molar-refractivity contribution in [3.05, 3.63) is 47.8 Å². The summed E-state index contributed by atoms with van der Waals surface area (Å²) in [7, 11) is 1.68. The molecular formula is C22H32N2O2. The quantitative estimate of drug-likeness (QED) is 0.718. The molecule has 0 radical (unpaired) electrons. The number of aromatic nitrogens is 1. The molecule has 1 saturated heterocycles. The number of methoxy groups -OCH3 is 1. The molecule has 1 aromatic heterocycles. The summed E-state index contributed by atoms with van der Waals surface area (Å²) < 4.78 is 5.08. The van der Waals surface area contributed by atoms with E-state index < -0.39 is 6.10 Å². The second-order valence-corrected chi connectivity index (χ2v) is 7.78. The smallest absolute Gasteiger partial charge is 0.0980 e. The molecule has 0 aromatic carbocycles. The molecule has 4 unspecified atom stereocenters. The third kappa shape index (κ3) is 3.38. The van der Waals surface area contributed by atoms with Gasteiger partial charge in [-0.25, -0.2) is 0 Å². The molecule has 2 aliphatic rings. The summed E-state index contributed by atoms with van der Waals surface area (Å²) in [4.78, 5) is 7.05. The molecule has 1 N–H and O–H groups in total. The Morgan fingerprint density at radius 3 is 2.96 bits per heavy atom. The van der Waals surface area contributed by atoms with E-state index >= 15 is 0 Å². The van der Waals surface area contributed by atoms with E-state index in [9.17, 15) is 5.11 Å². The third-order valence-corrected chi connectivity index (χ3v) is 6.27. The molecule has 2 heterocycles. The Hall–Kier alpha value is -1.49. The maximum absolute atomic E-state index is 11.5. The normalized spacial score (nSPS) is 30.0. The molecule has 0 bridgehead atoms. The van der Waals surface area contributed by atoms with Crippen LogP contribution in [0.4, 0.5) is 0 Å². The lowest BCUT2D eigenvalue weighted by atomic mass is 9.92. The van der Waals surface area contributed by atoms with E-state index in [0.29, 0.717) is 18.6 Å². The van der Waals surface area contributed by atoms with Crippen LogP contribution in [0.15, 0.2) is 31.0 Å². The highest BCUT2D eigenvalue weighted by Gasteiger charge is 2.62. The number of nitrogens with zero attached hydrogens (tertiary/aromatic N) is 2. The van der Waals surface area contributed by atoms with Crippen molar-refractivity contribution >= 4 is 6.08 Å². The zero-order chi connectivity index (χ0) is 18.7. The lowest BCUT2D eigenvalue weighted by Gasteiger charge is -2.38. The molecule has 4 nitrogen and oxygen atoms in total. The first-order chi connectivity index (χ1) is 12.6. The maximum atomic E-state index is 11.5. The molecule has 26 heavy (non-hydrogen) atoms. The van der Waals surface area contributed by atoms with Gasteiger partial charge < -0.3 is 9.84 Å². The Morgan fingerprint density at radius 2 is 2.31 bits per heavy atom. The summed E-state index contributed by atoms with van der Waals surface area (Å²) in [6.07, 6.45) is 11.8. The highest BCUT2D eigenvalue weighted by Crippen LogP contribution is 2.58. The van der Waals surface area contributed by atoms with Crippen LogP contribution in [0.3, 0.4) is 0 Å². The molecule has 1 saturated carbocycles. The van der Waals surface area contributed by atoms with E-state index in [1.807, 2.05) is 30.5 Å². The lowest BCUT2D eigenvalue weighted by molar-refractivity contribution is 0.0146. The van der Waals surface area contributed by atoms with Crippen molar-refractivity contribution in [1.82, 2.24) is 9.88 Å². The molecule has 4 atom stereocenters. The molecule has 2 fully saturated rings. The molecule has 1 aromatic rings. The van der Waals surface area contributed by atoms with Crippen LogP contribution < -0.4 is 0 Å². The van der Waals surface area contributed by atoms with Gasteiger partial charge in [-0.3, -0.25) is 9.88 Å². The van der Waals surface area contributed by atoms with E-state index in [4.69, 9.17) is 4.74 Å². The van der Waals surface area contributed by atoms with Crippen LogP contribution in [0.2, 0.25) is 0 Å². The van der Waals surface area contributed by atoms with Crippen molar-refractivity contribution in [2.75, 3.05) is 20.3 Å². The molecule has 1 aliphatic carbocycles. The molecule has 142 valence electrons. The highest BCUT2D eigenvalue weighted by atomic mass is 16.5. The minimum Gasteiger partial charge on any atom is -0.386 e. The molecule has 0 amide bonds. The summed E-state index contributed by atoms with van der Waals surface area (Å²) in [6.45, 7) is 9.89. The van der Waals surface area contributed by atoms with Gasteiger partial charge in [0.2, 0.25) is 0 Å². The summed E-state index contributed by atoms with van der Waals surface area (Å²) in [5.74, 6) is 0.503. The summed E-state index contributed by atoms with van der Waals surface area (Å²) in [5, 5.41) is 11.5. The molecule has 0 spiro atoms. The third-order valence-electron chi connectivity index (χ3n) is 6.27. The van der Waals surface area contributed by atoms with E-state index in [1.165, 1.54) is 12.8 Å². The topological polar surface area (TPSA) is 45.6 Å². The first kappa shape index (κ1) is 19.3. The average molecular weight is 357 g/mol. The fraction of sp³-hybridized carbons (Fsp3) is 0.591. The minimum absolute atomic E-state index is 0.135. The van der Waals surface area contributed by atoms with Crippen LogP contribution in [-0.4, -0.2) is 46.8 Å². The molecule has 1 aliphatic heterocycles. The van der Waals surface area contributed by atoms with Gasteiger partial charge in [-0.05, 0) is 68.3 Å². The SMILES string of the molecule is C=CCC1CCCN1C1(C(O)c2ccnc(/C=C\COC)c2C)CC1C. The molecule has 3 rings (SSSR count). The maximum Gasteiger partial charge on any atom is 0.0980 e. The van der Waals surface area contributed by atoms with Crippen molar-refractivity contribution in [1.29, 1.82) is 0 Å². The van der Waals surface area contributed by atoms with Crippen molar-refractivity contribution in [3.63, 3.8) is 0 Å². The highest BCUT2D eigenvalue weighted by molar-refractivity contribution is 5.52. The van der Waals surface area contributed by atoms with Crippen molar-refractivity contribution in [2.24, 2.45) is 5.92 Å². The Morgan fingerprint density at radius 1 is 1.54 bits per heavy atom. The Kier molecular flexibility index (Phi) is 5.96. The van der Waals surface area contributed by atoms with Gasteiger partial charge in [-0.15, -0.1) is 6.58 Å². The molecular weight excluding hydrogens is 324 g/mol. The zero-order valence-electron chi connectivity index (χ0n) is 16.3. The van der Waals surface area contributed by atoms with Gasteiger partial charge in [0.1, 0.15) is 0 Å². The van der Waals surface area contributed by atoms with Crippen LogP contribution in [0.25, 0.3) is 6.08 Å². The number of hydrogen-bond donors (Lipinski definition) is 1. The van der Waals surface area contributed by atoms with Crippen molar-refractivity contribution < 1.29 is 9.84 Å². The van der Waals surface area contributed by atoms with Crippen LogP contribution in [0, 0.1) is 12.8 Å². The number of aliphatic hydroxyl groups excluding tert-OH is 1. The first-order valence-electron chi connectivity index (χ1n) is 9.73. The Balaban J connectivity index is 1.89. The summed E-state index contributed by atoms with van der Waals surface area (Å²) in [5.41, 5.74) is 2.84. The van der Waals surface area contributed by atoms with Gasteiger partial charge in [-0.1, -0.05) is 19.1 Å². The van der Waals surface area contributed by atoms with Crippen LogP contribution in [0.1, 0.15) is 55.5 Å². The second kappa shape index (κ2) is 8.03. The van der Waals surface area contributed by atoms with E-state index in [1.54, 1.807) is 7.11 Å². The summed E-state index contributed by atoms with van der Waals surface area (Å²) >= 11 is 0.